The largest absolute Gasteiger partial charge is 0.459 e. The number of aromatic nitrogens is 2. The van der Waals surface area contributed by atoms with Crippen LogP contribution in [0.1, 0.15) is 16.4 Å². The smallest absolute Gasteiger partial charge is 0.287 e. The number of carbonyl (C=O) groups is 1. The molecule has 8 heteroatoms. The molecule has 4 aromatic rings. The highest BCUT2D eigenvalue weighted by Crippen LogP contribution is 2.24. The van der Waals surface area contributed by atoms with E-state index in [2.05, 4.69) is 15.5 Å². The summed E-state index contributed by atoms with van der Waals surface area (Å²) in [6.07, 6.45) is 1.42. The summed E-state index contributed by atoms with van der Waals surface area (Å²) in [4.78, 5) is 16.1. The number of halogens is 1. The fourth-order valence-corrected chi connectivity index (χ4v) is 2.41. The van der Waals surface area contributed by atoms with Gasteiger partial charge < -0.3 is 19.0 Å². The first-order valence-corrected chi connectivity index (χ1v) is 8.35. The van der Waals surface area contributed by atoms with Crippen molar-refractivity contribution >= 4 is 5.91 Å². The first-order chi connectivity index (χ1) is 13.7. The average Bonchev–Trinajstić information content (AvgIpc) is 3.41. The second-order valence-corrected chi connectivity index (χ2v) is 5.75. The van der Waals surface area contributed by atoms with Crippen molar-refractivity contribution in [3.63, 3.8) is 0 Å². The maximum atomic E-state index is 12.9. The molecule has 0 unspecified atom stereocenters. The molecule has 0 bridgehead atoms. The third-order valence-electron chi connectivity index (χ3n) is 3.78. The molecule has 28 heavy (non-hydrogen) atoms. The van der Waals surface area contributed by atoms with Crippen LogP contribution in [-0.4, -0.2) is 16.0 Å². The molecule has 2 aromatic carbocycles. The van der Waals surface area contributed by atoms with Gasteiger partial charge >= 0.3 is 0 Å². The van der Waals surface area contributed by atoms with Crippen LogP contribution >= 0.6 is 0 Å². The summed E-state index contributed by atoms with van der Waals surface area (Å²) in [5, 5.41) is 6.54. The zero-order valence-corrected chi connectivity index (χ0v) is 14.5. The van der Waals surface area contributed by atoms with Crippen LogP contribution in [0.2, 0.25) is 0 Å². The zero-order chi connectivity index (χ0) is 19.3. The fraction of sp³-hybridized carbons (Fsp3) is 0.0500. The summed E-state index contributed by atoms with van der Waals surface area (Å²) in [6.45, 7) is 0.0816. The number of nitrogens with zero attached hydrogens (tertiary/aromatic N) is 2. The van der Waals surface area contributed by atoms with Crippen LogP contribution in [0.5, 0.6) is 11.5 Å². The van der Waals surface area contributed by atoms with Crippen molar-refractivity contribution < 1.29 is 22.9 Å². The predicted molar refractivity (Wildman–Crippen MR) is 96.1 cm³/mol. The topological polar surface area (TPSA) is 90.4 Å². The Labute approximate surface area is 158 Å². The second-order valence-electron chi connectivity index (χ2n) is 5.75. The molecule has 7 nitrogen and oxygen atoms in total. The third-order valence-corrected chi connectivity index (χ3v) is 3.78. The van der Waals surface area contributed by atoms with Crippen molar-refractivity contribution in [3.05, 3.63) is 84.4 Å². The number of benzene rings is 2. The van der Waals surface area contributed by atoms with Gasteiger partial charge in [0.15, 0.2) is 5.76 Å². The predicted octanol–water partition coefficient (Wildman–Crippen LogP) is 4.19. The van der Waals surface area contributed by atoms with Gasteiger partial charge in [0.1, 0.15) is 17.3 Å². The molecule has 0 aliphatic heterocycles. The normalized spacial score (nSPS) is 10.6. The monoisotopic (exact) mass is 379 g/mol. The van der Waals surface area contributed by atoms with E-state index in [1.54, 1.807) is 48.5 Å². The van der Waals surface area contributed by atoms with Gasteiger partial charge in [0, 0.05) is 5.56 Å². The van der Waals surface area contributed by atoms with Gasteiger partial charge in [-0.05, 0) is 60.7 Å². The van der Waals surface area contributed by atoms with Crippen LogP contribution in [0.15, 0.2) is 75.9 Å². The van der Waals surface area contributed by atoms with Gasteiger partial charge in [0.05, 0.1) is 12.8 Å². The SMILES string of the molecule is O=C(NCc1nc(-c2ccc(Oc3ccc(F)cc3)cc2)no1)c1ccco1. The first-order valence-electron chi connectivity index (χ1n) is 8.35. The minimum Gasteiger partial charge on any atom is -0.459 e. The molecule has 2 aromatic heterocycles. The molecule has 0 atom stereocenters. The molecule has 0 fully saturated rings. The molecular weight excluding hydrogens is 365 g/mol. The van der Waals surface area contributed by atoms with Crippen molar-refractivity contribution in [3.8, 4) is 22.9 Å². The number of hydrogen-bond donors (Lipinski definition) is 1. The highest BCUT2D eigenvalue weighted by atomic mass is 19.1. The molecule has 0 spiro atoms. The van der Waals surface area contributed by atoms with Crippen LogP contribution in [0.25, 0.3) is 11.4 Å². The van der Waals surface area contributed by atoms with E-state index in [1.165, 1.54) is 18.4 Å². The van der Waals surface area contributed by atoms with Crippen molar-refractivity contribution in [2.75, 3.05) is 0 Å². The van der Waals surface area contributed by atoms with Crippen LogP contribution in [0.4, 0.5) is 4.39 Å². The molecule has 0 radical (unpaired) electrons. The quantitative estimate of drug-likeness (QED) is 0.540. The molecule has 1 amide bonds. The molecule has 0 saturated heterocycles. The van der Waals surface area contributed by atoms with Crippen LogP contribution in [0, 0.1) is 5.82 Å². The highest BCUT2D eigenvalue weighted by molar-refractivity contribution is 5.91. The number of amides is 1. The molecule has 0 aliphatic rings. The van der Waals surface area contributed by atoms with Crippen LogP contribution in [0.3, 0.4) is 0 Å². The fourth-order valence-electron chi connectivity index (χ4n) is 2.41. The van der Waals surface area contributed by atoms with E-state index in [4.69, 9.17) is 13.7 Å². The minimum absolute atomic E-state index is 0.0816. The van der Waals surface area contributed by atoms with Gasteiger partial charge in [0.2, 0.25) is 11.7 Å². The van der Waals surface area contributed by atoms with E-state index in [-0.39, 0.29) is 29.9 Å². The molecule has 2 heterocycles. The van der Waals surface area contributed by atoms with Crippen molar-refractivity contribution in [1.82, 2.24) is 15.5 Å². The lowest BCUT2D eigenvalue weighted by Gasteiger charge is -2.05. The Bertz CT molecular complexity index is 1060. The molecular formula is C20H14FN3O4. The summed E-state index contributed by atoms with van der Waals surface area (Å²) in [6, 6.07) is 16.0. The van der Waals surface area contributed by atoms with Crippen LogP contribution in [-0.2, 0) is 6.54 Å². The van der Waals surface area contributed by atoms with E-state index < -0.39 is 0 Å². The zero-order valence-electron chi connectivity index (χ0n) is 14.5. The number of nitrogens with one attached hydrogen (secondary N) is 1. The second kappa shape index (κ2) is 7.75. The maximum absolute atomic E-state index is 12.9. The van der Waals surface area contributed by atoms with Gasteiger partial charge in [-0.2, -0.15) is 4.98 Å². The molecule has 4 rings (SSSR count). The molecule has 1 N–H and O–H groups in total. The number of hydrogen-bond acceptors (Lipinski definition) is 6. The average molecular weight is 379 g/mol. The lowest BCUT2D eigenvalue weighted by Crippen LogP contribution is -2.22. The Morgan fingerprint density at radius 1 is 1.04 bits per heavy atom. The number of ether oxygens (including phenoxy) is 1. The Hall–Kier alpha value is -3.94. The van der Waals surface area contributed by atoms with Crippen LogP contribution < -0.4 is 10.1 Å². The summed E-state index contributed by atoms with van der Waals surface area (Å²) in [5.74, 6) is 1.28. The molecule has 140 valence electrons. The lowest BCUT2D eigenvalue weighted by molar-refractivity contribution is 0.0918. The minimum atomic E-state index is -0.368. The summed E-state index contributed by atoms with van der Waals surface area (Å²) in [5.41, 5.74) is 0.721. The first kappa shape index (κ1) is 17.5. The number of rotatable bonds is 6. The Morgan fingerprint density at radius 3 is 2.43 bits per heavy atom. The van der Waals surface area contributed by atoms with Gasteiger partial charge in [-0.15, -0.1) is 0 Å². The highest BCUT2D eigenvalue weighted by Gasteiger charge is 2.12. The summed E-state index contributed by atoms with van der Waals surface area (Å²) in [7, 11) is 0. The molecule has 0 saturated carbocycles. The van der Waals surface area contributed by atoms with Crippen molar-refractivity contribution in [2.45, 2.75) is 6.54 Å². The Kier molecular flexibility index (Phi) is 4.83. The van der Waals surface area contributed by atoms with E-state index >= 15 is 0 Å². The Balaban J connectivity index is 1.38. The third kappa shape index (κ3) is 4.07. The van der Waals surface area contributed by atoms with Gasteiger partial charge in [-0.25, -0.2) is 4.39 Å². The molecule has 0 aliphatic carbocycles. The standard InChI is InChI=1S/C20H14FN3O4/c21-14-5-9-16(10-6-14)27-15-7-3-13(4-8-15)19-23-18(28-24-19)12-22-20(25)17-2-1-11-26-17/h1-11H,12H2,(H,22,25). The summed E-state index contributed by atoms with van der Waals surface area (Å²) < 4.78 is 28.7. The Morgan fingerprint density at radius 2 is 1.75 bits per heavy atom. The van der Waals surface area contributed by atoms with Crippen molar-refractivity contribution in [1.29, 1.82) is 0 Å². The van der Waals surface area contributed by atoms with E-state index in [9.17, 15) is 9.18 Å². The lowest BCUT2D eigenvalue weighted by atomic mass is 10.2. The van der Waals surface area contributed by atoms with Gasteiger partial charge in [-0.3, -0.25) is 4.79 Å². The van der Waals surface area contributed by atoms with Crippen molar-refractivity contribution in [2.24, 2.45) is 0 Å². The van der Waals surface area contributed by atoms with Gasteiger partial charge in [-0.1, -0.05) is 5.16 Å². The summed E-state index contributed by atoms with van der Waals surface area (Å²) >= 11 is 0. The number of carbonyl (C=O) groups excluding carboxylic acids is 1. The maximum Gasteiger partial charge on any atom is 0.287 e. The van der Waals surface area contributed by atoms with E-state index in [0.29, 0.717) is 17.3 Å². The van der Waals surface area contributed by atoms with E-state index in [1.807, 2.05) is 0 Å². The van der Waals surface area contributed by atoms with E-state index in [0.717, 1.165) is 5.56 Å². The van der Waals surface area contributed by atoms with Gasteiger partial charge in [0.25, 0.3) is 5.91 Å². The number of furan rings is 1.